The van der Waals surface area contributed by atoms with Crippen LogP contribution in [0.25, 0.3) is 0 Å². The lowest BCUT2D eigenvalue weighted by Gasteiger charge is -2.31. The van der Waals surface area contributed by atoms with E-state index in [9.17, 15) is 22.8 Å². The molecule has 1 fully saturated rings. The van der Waals surface area contributed by atoms with Crippen molar-refractivity contribution in [3.05, 3.63) is 0 Å². The number of carbonyl (C=O) groups excluding carboxylic acids is 2. The fourth-order valence-corrected chi connectivity index (χ4v) is 2.37. The number of rotatable bonds is 4. The SMILES string of the molecule is CC(C)CC1NC(=O)CCN(C(C)CC(F)(F)F)C1=O. The molecule has 0 bridgehead atoms. The van der Waals surface area contributed by atoms with Crippen LogP contribution in [0.2, 0.25) is 0 Å². The van der Waals surface area contributed by atoms with E-state index in [4.69, 9.17) is 0 Å². The van der Waals surface area contributed by atoms with E-state index < -0.39 is 30.6 Å². The summed E-state index contributed by atoms with van der Waals surface area (Å²) in [4.78, 5) is 25.0. The number of alkyl halides is 3. The van der Waals surface area contributed by atoms with Crippen molar-refractivity contribution in [1.29, 1.82) is 0 Å². The van der Waals surface area contributed by atoms with Gasteiger partial charge in [0.25, 0.3) is 0 Å². The first-order chi connectivity index (χ1) is 9.10. The minimum absolute atomic E-state index is 0.0382. The van der Waals surface area contributed by atoms with Crippen LogP contribution >= 0.6 is 0 Å². The second-order valence-electron chi connectivity index (χ2n) is 5.70. The number of halogens is 3. The molecule has 1 saturated heterocycles. The Kier molecular flexibility index (Phi) is 5.42. The van der Waals surface area contributed by atoms with Crippen LogP contribution in [0.1, 0.15) is 40.0 Å². The van der Waals surface area contributed by atoms with Crippen LogP contribution in [0.15, 0.2) is 0 Å². The van der Waals surface area contributed by atoms with E-state index in [2.05, 4.69) is 5.32 Å². The molecule has 2 unspecified atom stereocenters. The Labute approximate surface area is 116 Å². The number of nitrogens with one attached hydrogen (secondary N) is 1. The van der Waals surface area contributed by atoms with Gasteiger partial charge in [0.2, 0.25) is 11.8 Å². The van der Waals surface area contributed by atoms with Crippen molar-refractivity contribution in [3.63, 3.8) is 0 Å². The summed E-state index contributed by atoms with van der Waals surface area (Å²) in [6, 6.07) is -1.68. The van der Waals surface area contributed by atoms with Gasteiger partial charge in [-0.1, -0.05) is 13.8 Å². The van der Waals surface area contributed by atoms with Crippen molar-refractivity contribution in [2.45, 2.75) is 58.3 Å². The van der Waals surface area contributed by atoms with E-state index in [1.54, 1.807) is 0 Å². The first-order valence-corrected chi connectivity index (χ1v) is 6.76. The molecule has 116 valence electrons. The van der Waals surface area contributed by atoms with E-state index in [0.717, 1.165) is 0 Å². The summed E-state index contributed by atoms with van der Waals surface area (Å²) in [6.45, 7) is 5.20. The summed E-state index contributed by atoms with van der Waals surface area (Å²) in [5.74, 6) is -0.533. The molecule has 0 aromatic rings. The van der Waals surface area contributed by atoms with Gasteiger partial charge in [-0.3, -0.25) is 9.59 Å². The number of amides is 2. The molecule has 0 radical (unpaired) electrons. The molecule has 0 aliphatic carbocycles. The molecule has 1 heterocycles. The number of hydrogen-bond acceptors (Lipinski definition) is 2. The molecule has 1 rings (SSSR count). The number of hydrogen-bond donors (Lipinski definition) is 1. The van der Waals surface area contributed by atoms with Crippen LogP contribution in [0.3, 0.4) is 0 Å². The molecular weight excluding hydrogens is 273 g/mol. The zero-order chi connectivity index (χ0) is 15.5. The fourth-order valence-electron chi connectivity index (χ4n) is 2.37. The number of nitrogens with zero attached hydrogens (tertiary/aromatic N) is 1. The number of carbonyl (C=O) groups is 2. The summed E-state index contributed by atoms with van der Waals surface area (Å²) >= 11 is 0. The first kappa shape index (κ1) is 16.8. The molecule has 7 heteroatoms. The van der Waals surface area contributed by atoms with Gasteiger partial charge in [0.1, 0.15) is 6.04 Å². The molecule has 1 N–H and O–H groups in total. The van der Waals surface area contributed by atoms with Gasteiger partial charge in [0.05, 0.1) is 6.42 Å². The van der Waals surface area contributed by atoms with Gasteiger partial charge in [-0.25, -0.2) is 0 Å². The van der Waals surface area contributed by atoms with Crippen LogP contribution in [-0.4, -0.2) is 41.5 Å². The Morgan fingerprint density at radius 2 is 1.90 bits per heavy atom. The summed E-state index contributed by atoms with van der Waals surface area (Å²) in [5, 5.41) is 2.60. The molecule has 0 saturated carbocycles. The highest BCUT2D eigenvalue weighted by Gasteiger charge is 2.37. The molecule has 2 amide bonds. The monoisotopic (exact) mass is 294 g/mol. The summed E-state index contributed by atoms with van der Waals surface area (Å²) in [5.41, 5.74) is 0. The predicted molar refractivity (Wildman–Crippen MR) is 67.8 cm³/mol. The zero-order valence-corrected chi connectivity index (χ0v) is 12.0. The van der Waals surface area contributed by atoms with Gasteiger partial charge in [0.15, 0.2) is 0 Å². The highest BCUT2D eigenvalue weighted by molar-refractivity contribution is 5.90. The zero-order valence-electron chi connectivity index (χ0n) is 12.0. The van der Waals surface area contributed by atoms with Crippen LogP contribution in [0.4, 0.5) is 13.2 Å². The largest absolute Gasteiger partial charge is 0.391 e. The smallest absolute Gasteiger partial charge is 0.344 e. The third-order valence-electron chi connectivity index (χ3n) is 3.26. The second kappa shape index (κ2) is 6.45. The molecule has 1 aliphatic rings. The maximum atomic E-state index is 12.5. The van der Waals surface area contributed by atoms with Crippen molar-refractivity contribution in [3.8, 4) is 0 Å². The van der Waals surface area contributed by atoms with Crippen LogP contribution in [0, 0.1) is 5.92 Å². The molecule has 0 aromatic heterocycles. The summed E-state index contributed by atoms with van der Waals surface area (Å²) in [6.07, 6.45) is -4.90. The summed E-state index contributed by atoms with van der Waals surface area (Å²) in [7, 11) is 0. The first-order valence-electron chi connectivity index (χ1n) is 6.76. The topological polar surface area (TPSA) is 49.4 Å². The molecule has 0 aromatic carbocycles. The van der Waals surface area contributed by atoms with Gasteiger partial charge in [-0.05, 0) is 19.3 Å². The molecular formula is C13H21F3N2O2. The fraction of sp³-hybridized carbons (Fsp3) is 0.846. The van der Waals surface area contributed by atoms with E-state index in [1.165, 1.54) is 11.8 Å². The minimum atomic E-state index is -4.32. The molecule has 2 atom stereocenters. The Bertz CT molecular complexity index is 369. The molecule has 20 heavy (non-hydrogen) atoms. The van der Waals surface area contributed by atoms with Gasteiger partial charge < -0.3 is 10.2 Å². The predicted octanol–water partition coefficient (Wildman–Crippen LogP) is 2.09. The summed E-state index contributed by atoms with van der Waals surface area (Å²) < 4.78 is 37.4. The van der Waals surface area contributed by atoms with Crippen molar-refractivity contribution in [2.75, 3.05) is 6.54 Å². The van der Waals surface area contributed by atoms with Crippen LogP contribution in [-0.2, 0) is 9.59 Å². The van der Waals surface area contributed by atoms with Crippen molar-refractivity contribution in [2.24, 2.45) is 5.92 Å². The Balaban J connectivity index is 2.83. The molecule has 1 aliphatic heterocycles. The average molecular weight is 294 g/mol. The van der Waals surface area contributed by atoms with E-state index in [1.807, 2.05) is 13.8 Å². The quantitative estimate of drug-likeness (QED) is 0.863. The standard InChI is InChI=1S/C13H21F3N2O2/c1-8(2)6-10-12(20)18(5-4-11(19)17-10)9(3)7-13(14,15)16/h8-10H,4-7H2,1-3H3,(H,17,19). The third-order valence-corrected chi connectivity index (χ3v) is 3.26. The Morgan fingerprint density at radius 3 is 2.40 bits per heavy atom. The van der Waals surface area contributed by atoms with Gasteiger partial charge in [0, 0.05) is 19.0 Å². The second-order valence-corrected chi connectivity index (χ2v) is 5.70. The van der Waals surface area contributed by atoms with E-state index in [-0.39, 0.29) is 24.8 Å². The Hall–Kier alpha value is -1.27. The van der Waals surface area contributed by atoms with Crippen molar-refractivity contribution in [1.82, 2.24) is 10.2 Å². The van der Waals surface area contributed by atoms with Crippen molar-refractivity contribution < 1.29 is 22.8 Å². The van der Waals surface area contributed by atoms with Gasteiger partial charge in [-0.2, -0.15) is 13.2 Å². The lowest BCUT2D eigenvalue weighted by atomic mass is 10.0. The molecule has 4 nitrogen and oxygen atoms in total. The average Bonchev–Trinajstić information content (AvgIpc) is 2.36. The van der Waals surface area contributed by atoms with Gasteiger partial charge >= 0.3 is 6.18 Å². The molecule has 0 spiro atoms. The van der Waals surface area contributed by atoms with E-state index >= 15 is 0 Å². The third kappa shape index (κ3) is 5.02. The highest BCUT2D eigenvalue weighted by atomic mass is 19.4. The van der Waals surface area contributed by atoms with E-state index in [0.29, 0.717) is 6.42 Å². The van der Waals surface area contributed by atoms with Crippen molar-refractivity contribution >= 4 is 11.8 Å². The van der Waals surface area contributed by atoms with Gasteiger partial charge in [-0.15, -0.1) is 0 Å². The Morgan fingerprint density at radius 1 is 1.30 bits per heavy atom. The lowest BCUT2D eigenvalue weighted by Crippen LogP contribution is -2.49. The lowest BCUT2D eigenvalue weighted by molar-refractivity contribution is -0.154. The maximum Gasteiger partial charge on any atom is 0.391 e. The van der Waals surface area contributed by atoms with Crippen LogP contribution in [0.5, 0.6) is 0 Å². The van der Waals surface area contributed by atoms with Crippen LogP contribution < -0.4 is 5.32 Å². The normalized spacial score (nSPS) is 22.8. The maximum absolute atomic E-state index is 12.5. The minimum Gasteiger partial charge on any atom is -0.344 e. The highest BCUT2D eigenvalue weighted by Crippen LogP contribution is 2.25.